The second kappa shape index (κ2) is 7.37. The Morgan fingerprint density at radius 2 is 2.00 bits per heavy atom. The van der Waals surface area contributed by atoms with E-state index in [0.29, 0.717) is 6.04 Å². The number of nitrogens with two attached hydrogens (primary N) is 1. The van der Waals surface area contributed by atoms with E-state index in [1.165, 1.54) is 19.3 Å². The van der Waals surface area contributed by atoms with Crippen LogP contribution >= 0.6 is 12.4 Å². The maximum Gasteiger partial charge on any atom is 0.300 e. The molecule has 0 heterocycles. The molecule has 1 aliphatic rings. The summed E-state index contributed by atoms with van der Waals surface area (Å²) >= 11 is 0. The number of aliphatic carboxylic acids is 1. The summed E-state index contributed by atoms with van der Waals surface area (Å²) in [6.07, 6.45) is 3.94. The van der Waals surface area contributed by atoms with Crippen molar-refractivity contribution in [1.29, 1.82) is 0 Å². The third-order valence-electron chi connectivity index (χ3n) is 1.64. The molecule has 1 rings (SSSR count). The lowest BCUT2D eigenvalue weighted by Gasteiger charge is -1.86. The molecule has 3 nitrogen and oxygen atoms in total. The maximum atomic E-state index is 9.00. The molecule has 4 heteroatoms. The van der Waals surface area contributed by atoms with Crippen LogP contribution in [0.1, 0.15) is 33.1 Å². The molecule has 0 aromatic carbocycles. The van der Waals surface area contributed by atoms with Gasteiger partial charge >= 0.3 is 0 Å². The summed E-state index contributed by atoms with van der Waals surface area (Å²) in [6, 6.07) is 0.569. The predicted molar refractivity (Wildman–Crippen MR) is 51.5 cm³/mol. The number of carbonyl (C=O) groups is 1. The van der Waals surface area contributed by atoms with E-state index in [-0.39, 0.29) is 12.4 Å². The van der Waals surface area contributed by atoms with Crippen LogP contribution < -0.4 is 5.73 Å². The Morgan fingerprint density at radius 3 is 2.08 bits per heavy atom. The molecule has 0 radical (unpaired) electrons. The molecule has 1 fully saturated rings. The number of carboxylic acid groups (broad SMARTS) is 1. The van der Waals surface area contributed by atoms with Gasteiger partial charge in [0.15, 0.2) is 0 Å². The van der Waals surface area contributed by atoms with E-state index in [9.17, 15) is 0 Å². The highest BCUT2D eigenvalue weighted by Crippen LogP contribution is 2.31. The first-order valence-corrected chi connectivity index (χ1v) is 4.03. The molecule has 0 aromatic heterocycles. The second-order valence-corrected chi connectivity index (χ2v) is 2.97. The van der Waals surface area contributed by atoms with Crippen molar-refractivity contribution >= 4 is 18.4 Å². The number of hydrogen-bond donors (Lipinski definition) is 2. The molecular formula is C8H18ClNO2. The highest BCUT2D eigenvalue weighted by atomic mass is 35.5. The minimum Gasteiger partial charge on any atom is -0.481 e. The van der Waals surface area contributed by atoms with Crippen molar-refractivity contribution in [2.75, 3.05) is 0 Å². The monoisotopic (exact) mass is 195 g/mol. The Balaban J connectivity index is 0. The minimum atomic E-state index is -0.833. The standard InChI is InChI=1S/C6H13N.C2H4O2.ClH/c1-2-3-5-4-6(5)7;1-2(3)4;/h5-6H,2-4,7H2,1H3;1H3,(H,3,4);1H. The van der Waals surface area contributed by atoms with E-state index in [0.717, 1.165) is 12.8 Å². The molecule has 12 heavy (non-hydrogen) atoms. The van der Waals surface area contributed by atoms with Gasteiger partial charge in [-0.3, -0.25) is 4.79 Å². The molecule has 1 saturated carbocycles. The first kappa shape index (κ1) is 14.3. The summed E-state index contributed by atoms with van der Waals surface area (Å²) in [4.78, 5) is 9.00. The zero-order valence-electron chi connectivity index (χ0n) is 7.62. The van der Waals surface area contributed by atoms with Crippen LogP contribution in [-0.2, 0) is 4.79 Å². The van der Waals surface area contributed by atoms with Crippen molar-refractivity contribution in [2.24, 2.45) is 11.7 Å². The smallest absolute Gasteiger partial charge is 0.300 e. The zero-order valence-corrected chi connectivity index (χ0v) is 8.43. The highest BCUT2D eigenvalue weighted by molar-refractivity contribution is 5.85. The van der Waals surface area contributed by atoms with E-state index in [1.807, 2.05) is 0 Å². The molecule has 0 aromatic rings. The average molecular weight is 196 g/mol. The van der Waals surface area contributed by atoms with Crippen LogP contribution in [0.3, 0.4) is 0 Å². The van der Waals surface area contributed by atoms with Crippen molar-refractivity contribution in [3.8, 4) is 0 Å². The van der Waals surface area contributed by atoms with Gasteiger partial charge in [-0.2, -0.15) is 0 Å². The van der Waals surface area contributed by atoms with E-state index >= 15 is 0 Å². The van der Waals surface area contributed by atoms with E-state index in [2.05, 4.69) is 6.92 Å². The molecule has 0 spiro atoms. The summed E-state index contributed by atoms with van der Waals surface area (Å²) in [5.41, 5.74) is 5.55. The minimum absolute atomic E-state index is 0. The third-order valence-corrected chi connectivity index (χ3v) is 1.64. The molecule has 74 valence electrons. The van der Waals surface area contributed by atoms with Crippen LogP contribution in [0.5, 0.6) is 0 Å². The fraction of sp³-hybridized carbons (Fsp3) is 0.875. The summed E-state index contributed by atoms with van der Waals surface area (Å²) < 4.78 is 0. The van der Waals surface area contributed by atoms with Crippen LogP contribution in [0.15, 0.2) is 0 Å². The van der Waals surface area contributed by atoms with Gasteiger partial charge in [0.25, 0.3) is 5.97 Å². The number of rotatable bonds is 2. The van der Waals surface area contributed by atoms with E-state index < -0.39 is 5.97 Å². The lowest BCUT2D eigenvalue weighted by atomic mass is 10.2. The molecule has 3 N–H and O–H groups in total. The van der Waals surface area contributed by atoms with E-state index in [4.69, 9.17) is 15.6 Å². The summed E-state index contributed by atoms with van der Waals surface area (Å²) in [5.74, 6) is 0.0602. The molecule has 1 aliphatic carbocycles. The SMILES string of the molecule is CC(=O)O.CCCC1CC1N.Cl. The molecule has 2 unspecified atom stereocenters. The van der Waals surface area contributed by atoms with Crippen molar-refractivity contribution in [2.45, 2.75) is 39.2 Å². The van der Waals surface area contributed by atoms with Gasteiger partial charge in [-0.25, -0.2) is 0 Å². The van der Waals surface area contributed by atoms with Gasteiger partial charge in [-0.15, -0.1) is 12.4 Å². The van der Waals surface area contributed by atoms with Gasteiger partial charge in [0.05, 0.1) is 0 Å². The Kier molecular flexibility index (Phi) is 8.76. The van der Waals surface area contributed by atoms with Crippen LogP contribution in [0.2, 0.25) is 0 Å². The highest BCUT2D eigenvalue weighted by Gasteiger charge is 2.31. The average Bonchev–Trinajstić information content (AvgIpc) is 2.46. The van der Waals surface area contributed by atoms with Crippen LogP contribution in [0, 0.1) is 5.92 Å². The predicted octanol–water partition coefficient (Wildman–Crippen LogP) is 1.65. The van der Waals surface area contributed by atoms with Crippen LogP contribution in [0.4, 0.5) is 0 Å². The van der Waals surface area contributed by atoms with Gasteiger partial charge in [-0.1, -0.05) is 13.3 Å². The summed E-state index contributed by atoms with van der Waals surface area (Å²) in [6.45, 7) is 3.30. The van der Waals surface area contributed by atoms with Crippen molar-refractivity contribution in [3.05, 3.63) is 0 Å². The third kappa shape index (κ3) is 9.72. The summed E-state index contributed by atoms with van der Waals surface area (Å²) in [5, 5.41) is 7.42. The number of carboxylic acids is 1. The molecule has 0 amide bonds. The van der Waals surface area contributed by atoms with E-state index in [1.54, 1.807) is 0 Å². The molecule has 2 atom stereocenters. The fourth-order valence-electron chi connectivity index (χ4n) is 0.974. The Bertz CT molecular complexity index is 126. The van der Waals surface area contributed by atoms with Gasteiger partial charge < -0.3 is 10.8 Å². The maximum absolute atomic E-state index is 9.00. The molecule has 0 aliphatic heterocycles. The zero-order chi connectivity index (χ0) is 8.85. The molecular weight excluding hydrogens is 178 g/mol. The number of hydrogen-bond acceptors (Lipinski definition) is 2. The second-order valence-electron chi connectivity index (χ2n) is 2.97. The van der Waals surface area contributed by atoms with Crippen LogP contribution in [0.25, 0.3) is 0 Å². The lowest BCUT2D eigenvalue weighted by Crippen LogP contribution is -2.00. The molecule has 0 bridgehead atoms. The first-order valence-electron chi connectivity index (χ1n) is 4.03. The fourth-order valence-corrected chi connectivity index (χ4v) is 0.974. The normalized spacial score (nSPS) is 24.6. The van der Waals surface area contributed by atoms with Crippen molar-refractivity contribution < 1.29 is 9.90 Å². The van der Waals surface area contributed by atoms with Gasteiger partial charge in [-0.05, 0) is 18.8 Å². The topological polar surface area (TPSA) is 63.3 Å². The van der Waals surface area contributed by atoms with Crippen molar-refractivity contribution in [1.82, 2.24) is 0 Å². The lowest BCUT2D eigenvalue weighted by molar-refractivity contribution is -0.134. The Hall–Kier alpha value is -0.280. The van der Waals surface area contributed by atoms with Gasteiger partial charge in [0.2, 0.25) is 0 Å². The van der Waals surface area contributed by atoms with Gasteiger partial charge in [0, 0.05) is 13.0 Å². The Morgan fingerprint density at radius 1 is 1.67 bits per heavy atom. The van der Waals surface area contributed by atoms with Crippen molar-refractivity contribution in [3.63, 3.8) is 0 Å². The largest absolute Gasteiger partial charge is 0.481 e. The summed E-state index contributed by atoms with van der Waals surface area (Å²) in [7, 11) is 0. The van der Waals surface area contributed by atoms with Crippen LogP contribution in [-0.4, -0.2) is 17.1 Å². The quantitative estimate of drug-likeness (QED) is 0.704. The van der Waals surface area contributed by atoms with Gasteiger partial charge in [0.1, 0.15) is 0 Å². The Labute approximate surface area is 79.7 Å². The number of halogens is 1. The molecule has 0 saturated heterocycles. The first-order chi connectivity index (χ1) is 5.07.